The van der Waals surface area contributed by atoms with Crippen molar-refractivity contribution in [2.24, 2.45) is 5.92 Å². The minimum absolute atomic E-state index is 0.168. The third kappa shape index (κ3) is 3.44. The molecule has 17 heavy (non-hydrogen) atoms. The van der Waals surface area contributed by atoms with E-state index in [0.717, 1.165) is 5.56 Å². The standard InChI is InChI=1S/C13H19NO3/c1-5-17-13(15)12(9(2)3)10-6-7-14-11(8-10)16-4/h6-9,12H,5H2,1-4H3. The zero-order valence-electron chi connectivity index (χ0n) is 10.8. The summed E-state index contributed by atoms with van der Waals surface area (Å²) < 4.78 is 10.2. The summed E-state index contributed by atoms with van der Waals surface area (Å²) in [5.41, 5.74) is 0.880. The highest BCUT2D eigenvalue weighted by molar-refractivity contribution is 5.78. The second-order valence-electron chi connectivity index (χ2n) is 4.11. The molecule has 1 atom stereocenters. The van der Waals surface area contributed by atoms with Crippen LogP contribution in [-0.4, -0.2) is 24.7 Å². The maximum atomic E-state index is 11.9. The predicted molar refractivity (Wildman–Crippen MR) is 65.0 cm³/mol. The number of rotatable bonds is 5. The Morgan fingerprint density at radius 1 is 1.47 bits per heavy atom. The number of carbonyl (C=O) groups excluding carboxylic acids is 1. The maximum absolute atomic E-state index is 11.9. The molecule has 0 saturated carbocycles. The van der Waals surface area contributed by atoms with Crippen molar-refractivity contribution in [3.63, 3.8) is 0 Å². The second kappa shape index (κ2) is 6.23. The molecule has 4 nitrogen and oxygen atoms in total. The average molecular weight is 237 g/mol. The van der Waals surface area contributed by atoms with E-state index in [1.54, 1.807) is 19.4 Å². The molecule has 0 aliphatic carbocycles. The van der Waals surface area contributed by atoms with Gasteiger partial charge in [0, 0.05) is 12.3 Å². The van der Waals surface area contributed by atoms with Crippen LogP contribution in [0.4, 0.5) is 0 Å². The third-order valence-electron chi connectivity index (χ3n) is 2.53. The first-order valence-corrected chi connectivity index (χ1v) is 5.76. The van der Waals surface area contributed by atoms with E-state index in [4.69, 9.17) is 9.47 Å². The molecule has 1 aromatic heterocycles. The minimum atomic E-state index is -0.271. The summed E-state index contributed by atoms with van der Waals surface area (Å²) in [6.07, 6.45) is 1.64. The normalized spacial score (nSPS) is 12.3. The van der Waals surface area contributed by atoms with E-state index in [2.05, 4.69) is 4.98 Å². The summed E-state index contributed by atoms with van der Waals surface area (Å²) in [5.74, 6) is 0.209. The zero-order valence-corrected chi connectivity index (χ0v) is 10.8. The van der Waals surface area contributed by atoms with Gasteiger partial charge in [0.05, 0.1) is 19.6 Å². The lowest BCUT2D eigenvalue weighted by molar-refractivity contribution is -0.146. The molecule has 1 aromatic rings. The Bertz CT molecular complexity index is 377. The molecule has 94 valence electrons. The molecular formula is C13H19NO3. The molecule has 0 aromatic carbocycles. The Balaban J connectivity index is 3.00. The highest BCUT2D eigenvalue weighted by Gasteiger charge is 2.25. The Morgan fingerprint density at radius 2 is 2.18 bits per heavy atom. The van der Waals surface area contributed by atoms with Crippen LogP contribution in [0.5, 0.6) is 5.88 Å². The van der Waals surface area contributed by atoms with Gasteiger partial charge < -0.3 is 9.47 Å². The number of ether oxygens (including phenoxy) is 2. The van der Waals surface area contributed by atoms with E-state index in [9.17, 15) is 4.79 Å². The summed E-state index contributed by atoms with van der Waals surface area (Å²) >= 11 is 0. The first kappa shape index (κ1) is 13.5. The highest BCUT2D eigenvalue weighted by Crippen LogP contribution is 2.27. The Morgan fingerprint density at radius 3 is 2.71 bits per heavy atom. The van der Waals surface area contributed by atoms with Crippen molar-refractivity contribution in [3.8, 4) is 5.88 Å². The average Bonchev–Trinajstić information content (AvgIpc) is 2.29. The minimum Gasteiger partial charge on any atom is -0.481 e. The van der Waals surface area contributed by atoms with Gasteiger partial charge in [0.1, 0.15) is 0 Å². The van der Waals surface area contributed by atoms with Gasteiger partial charge in [-0.3, -0.25) is 4.79 Å². The van der Waals surface area contributed by atoms with E-state index in [0.29, 0.717) is 12.5 Å². The van der Waals surface area contributed by atoms with Crippen LogP contribution in [0.25, 0.3) is 0 Å². The molecular weight excluding hydrogens is 218 g/mol. The fourth-order valence-corrected chi connectivity index (χ4v) is 1.76. The lowest BCUT2D eigenvalue weighted by Gasteiger charge is -2.19. The molecule has 0 spiro atoms. The van der Waals surface area contributed by atoms with Gasteiger partial charge >= 0.3 is 5.97 Å². The number of nitrogens with zero attached hydrogens (tertiary/aromatic N) is 1. The van der Waals surface area contributed by atoms with Crippen molar-refractivity contribution in [1.82, 2.24) is 4.98 Å². The quantitative estimate of drug-likeness (QED) is 0.738. The van der Waals surface area contributed by atoms with Crippen molar-refractivity contribution in [2.45, 2.75) is 26.7 Å². The summed E-state index contributed by atoms with van der Waals surface area (Å²) in [4.78, 5) is 15.9. The van der Waals surface area contributed by atoms with E-state index in [-0.39, 0.29) is 17.8 Å². The van der Waals surface area contributed by atoms with Gasteiger partial charge in [0.2, 0.25) is 5.88 Å². The van der Waals surface area contributed by atoms with E-state index >= 15 is 0 Å². The van der Waals surface area contributed by atoms with Crippen molar-refractivity contribution < 1.29 is 14.3 Å². The van der Waals surface area contributed by atoms with Crippen LogP contribution in [0.2, 0.25) is 0 Å². The molecule has 0 aliphatic rings. The van der Waals surface area contributed by atoms with Crippen molar-refractivity contribution in [2.75, 3.05) is 13.7 Å². The topological polar surface area (TPSA) is 48.4 Å². The Hall–Kier alpha value is -1.58. The van der Waals surface area contributed by atoms with Gasteiger partial charge in [0.25, 0.3) is 0 Å². The van der Waals surface area contributed by atoms with Gasteiger partial charge in [-0.05, 0) is 24.5 Å². The van der Waals surface area contributed by atoms with Crippen molar-refractivity contribution in [1.29, 1.82) is 0 Å². The lowest BCUT2D eigenvalue weighted by atomic mass is 9.89. The first-order chi connectivity index (χ1) is 8.10. The maximum Gasteiger partial charge on any atom is 0.313 e. The van der Waals surface area contributed by atoms with Crippen LogP contribution < -0.4 is 4.74 Å². The molecule has 0 bridgehead atoms. The number of methoxy groups -OCH3 is 1. The Kier molecular flexibility index (Phi) is 4.94. The van der Waals surface area contributed by atoms with Crippen LogP contribution in [0, 0.1) is 5.92 Å². The van der Waals surface area contributed by atoms with Gasteiger partial charge in [-0.2, -0.15) is 0 Å². The molecule has 1 rings (SSSR count). The van der Waals surface area contributed by atoms with Crippen LogP contribution in [0.1, 0.15) is 32.3 Å². The second-order valence-corrected chi connectivity index (χ2v) is 4.11. The largest absolute Gasteiger partial charge is 0.481 e. The molecule has 4 heteroatoms. The summed E-state index contributed by atoms with van der Waals surface area (Å²) in [5, 5.41) is 0. The summed E-state index contributed by atoms with van der Waals surface area (Å²) in [6, 6.07) is 3.60. The highest BCUT2D eigenvalue weighted by atomic mass is 16.5. The summed E-state index contributed by atoms with van der Waals surface area (Å²) in [7, 11) is 1.56. The Labute approximate surface area is 102 Å². The zero-order chi connectivity index (χ0) is 12.8. The fourth-order valence-electron chi connectivity index (χ4n) is 1.76. The van der Waals surface area contributed by atoms with Crippen LogP contribution in [0.15, 0.2) is 18.3 Å². The predicted octanol–water partition coefficient (Wildman–Crippen LogP) is 2.39. The number of aromatic nitrogens is 1. The lowest BCUT2D eigenvalue weighted by Crippen LogP contribution is -2.21. The van der Waals surface area contributed by atoms with Crippen LogP contribution in [0.3, 0.4) is 0 Å². The number of pyridine rings is 1. The summed E-state index contributed by atoms with van der Waals surface area (Å²) in [6.45, 7) is 6.19. The molecule has 0 N–H and O–H groups in total. The first-order valence-electron chi connectivity index (χ1n) is 5.76. The van der Waals surface area contributed by atoms with Gasteiger partial charge in [-0.25, -0.2) is 4.98 Å². The molecule has 0 aliphatic heterocycles. The van der Waals surface area contributed by atoms with Gasteiger partial charge in [0.15, 0.2) is 0 Å². The number of hydrogen-bond acceptors (Lipinski definition) is 4. The van der Waals surface area contributed by atoms with Crippen LogP contribution >= 0.6 is 0 Å². The molecule has 0 amide bonds. The SMILES string of the molecule is CCOC(=O)C(c1ccnc(OC)c1)C(C)C. The van der Waals surface area contributed by atoms with E-state index in [1.807, 2.05) is 26.8 Å². The van der Waals surface area contributed by atoms with Crippen molar-refractivity contribution >= 4 is 5.97 Å². The number of hydrogen-bond donors (Lipinski definition) is 0. The van der Waals surface area contributed by atoms with Gasteiger partial charge in [-0.15, -0.1) is 0 Å². The molecule has 0 fully saturated rings. The fraction of sp³-hybridized carbons (Fsp3) is 0.538. The molecule has 0 radical (unpaired) electrons. The number of esters is 1. The third-order valence-corrected chi connectivity index (χ3v) is 2.53. The van der Waals surface area contributed by atoms with E-state index < -0.39 is 0 Å². The monoisotopic (exact) mass is 237 g/mol. The van der Waals surface area contributed by atoms with Crippen molar-refractivity contribution in [3.05, 3.63) is 23.9 Å². The smallest absolute Gasteiger partial charge is 0.313 e. The molecule has 1 unspecified atom stereocenters. The molecule has 0 saturated heterocycles. The van der Waals surface area contributed by atoms with E-state index in [1.165, 1.54) is 0 Å². The van der Waals surface area contributed by atoms with Gasteiger partial charge in [-0.1, -0.05) is 13.8 Å². The van der Waals surface area contributed by atoms with Crippen LogP contribution in [-0.2, 0) is 9.53 Å². The number of carbonyl (C=O) groups is 1. The molecule has 1 heterocycles.